The molecule has 1 aromatic rings. The number of rotatable bonds is 11. The minimum absolute atomic E-state index is 0.210. The Morgan fingerprint density at radius 1 is 1.21 bits per heavy atom. The van der Waals surface area contributed by atoms with E-state index in [1.807, 2.05) is 0 Å². The van der Waals surface area contributed by atoms with Crippen LogP contribution in [0, 0.1) is 0 Å². The van der Waals surface area contributed by atoms with Gasteiger partial charge in [-0.25, -0.2) is 13.2 Å². The van der Waals surface area contributed by atoms with Crippen LogP contribution in [-0.2, 0) is 14.6 Å². The number of nitrogens with two attached hydrogens (primary N) is 1. The van der Waals surface area contributed by atoms with Crippen molar-refractivity contribution < 1.29 is 17.9 Å². The summed E-state index contributed by atoms with van der Waals surface area (Å²) in [4.78, 5) is 11.5. The van der Waals surface area contributed by atoms with Crippen LogP contribution < -0.4 is 11.1 Å². The van der Waals surface area contributed by atoms with Crippen LogP contribution in [0.25, 0.3) is 0 Å². The molecule has 1 unspecified atom stereocenters. The number of ether oxygens (including phenoxy) is 1. The fourth-order valence-corrected chi connectivity index (χ4v) is 4.30. The highest BCUT2D eigenvalue weighted by Crippen LogP contribution is 2.23. The second kappa shape index (κ2) is 9.64. The van der Waals surface area contributed by atoms with Crippen molar-refractivity contribution in [3.63, 3.8) is 0 Å². The van der Waals surface area contributed by atoms with E-state index in [-0.39, 0.29) is 17.2 Å². The predicted octanol–water partition coefficient (Wildman–Crippen LogP) is 2.48. The first-order chi connectivity index (χ1) is 11.4. The van der Waals surface area contributed by atoms with Crippen molar-refractivity contribution in [3.8, 4) is 0 Å². The number of hydrogen-bond donors (Lipinski definition) is 2. The average Bonchev–Trinajstić information content (AvgIpc) is 2.54. The van der Waals surface area contributed by atoms with Gasteiger partial charge in [0, 0.05) is 6.54 Å². The van der Waals surface area contributed by atoms with Crippen LogP contribution in [0.15, 0.2) is 35.2 Å². The molecule has 1 atom stereocenters. The molecule has 7 heteroatoms. The van der Waals surface area contributed by atoms with Gasteiger partial charge in [-0.2, -0.15) is 0 Å². The Morgan fingerprint density at radius 3 is 2.42 bits per heavy atom. The summed E-state index contributed by atoms with van der Waals surface area (Å²) in [6.45, 7) is 4.89. The monoisotopic (exact) mass is 356 g/mol. The van der Waals surface area contributed by atoms with Crippen LogP contribution in [0.5, 0.6) is 0 Å². The topological polar surface area (TPSA) is 98.5 Å². The van der Waals surface area contributed by atoms with Crippen molar-refractivity contribution in [2.45, 2.75) is 50.0 Å². The van der Waals surface area contributed by atoms with Crippen LogP contribution in [-0.4, -0.2) is 39.0 Å². The maximum absolute atomic E-state index is 12.7. The second-order valence-electron chi connectivity index (χ2n) is 5.91. The lowest BCUT2D eigenvalue weighted by Gasteiger charge is -2.32. The molecule has 0 fully saturated rings. The number of unbranched alkanes of at least 4 members (excludes halogenated alkanes) is 2. The Kier molecular flexibility index (Phi) is 8.21. The summed E-state index contributed by atoms with van der Waals surface area (Å²) in [6.07, 6.45) is 2.56. The highest BCUT2D eigenvalue weighted by Gasteiger charge is 2.37. The lowest BCUT2D eigenvalue weighted by molar-refractivity contribution is 0.0310. The van der Waals surface area contributed by atoms with E-state index in [9.17, 15) is 13.2 Å². The Labute approximate surface area is 144 Å². The lowest BCUT2D eigenvalue weighted by Crippen LogP contribution is -2.50. The molecule has 1 rings (SSSR count). The van der Waals surface area contributed by atoms with E-state index < -0.39 is 21.5 Å². The molecule has 6 nitrogen and oxygen atoms in total. The van der Waals surface area contributed by atoms with Crippen molar-refractivity contribution >= 4 is 15.9 Å². The van der Waals surface area contributed by atoms with Gasteiger partial charge in [0.15, 0.2) is 9.84 Å². The number of nitrogens with one attached hydrogen (secondary N) is 1. The number of sulfone groups is 1. The summed E-state index contributed by atoms with van der Waals surface area (Å²) < 4.78 is 30.6. The molecule has 3 N–H and O–H groups in total. The van der Waals surface area contributed by atoms with Crippen LogP contribution in [0.2, 0.25) is 0 Å². The molecule has 0 aliphatic carbocycles. The third kappa shape index (κ3) is 6.49. The first kappa shape index (κ1) is 20.4. The summed E-state index contributed by atoms with van der Waals surface area (Å²) in [5.74, 6) is -0.301. The van der Waals surface area contributed by atoms with Gasteiger partial charge in [-0.05, 0) is 31.5 Å². The third-order valence-electron chi connectivity index (χ3n) is 3.92. The zero-order valence-corrected chi connectivity index (χ0v) is 15.3. The molecule has 0 saturated heterocycles. The van der Waals surface area contributed by atoms with Gasteiger partial charge in [0.25, 0.3) is 0 Å². The van der Waals surface area contributed by atoms with Gasteiger partial charge in [0.2, 0.25) is 0 Å². The molecule has 0 aromatic heterocycles. The molecule has 136 valence electrons. The smallest absolute Gasteiger partial charge is 0.405 e. The molecule has 24 heavy (non-hydrogen) atoms. The molecular weight excluding hydrogens is 328 g/mol. The molecule has 0 heterocycles. The highest BCUT2D eigenvalue weighted by molar-refractivity contribution is 7.91. The van der Waals surface area contributed by atoms with E-state index in [1.54, 1.807) is 25.1 Å². The van der Waals surface area contributed by atoms with Crippen molar-refractivity contribution in [2.24, 2.45) is 5.73 Å². The van der Waals surface area contributed by atoms with Crippen molar-refractivity contribution in [2.75, 3.05) is 18.8 Å². The van der Waals surface area contributed by atoms with Crippen molar-refractivity contribution in [3.05, 3.63) is 30.3 Å². The molecule has 0 aliphatic rings. The largest absolute Gasteiger partial charge is 0.441 e. The third-order valence-corrected chi connectivity index (χ3v) is 5.82. The fourth-order valence-electron chi connectivity index (χ4n) is 2.50. The minimum Gasteiger partial charge on any atom is -0.441 e. The number of primary amides is 1. The molecule has 0 saturated carbocycles. The first-order valence-electron chi connectivity index (χ1n) is 8.32. The molecule has 0 radical (unpaired) electrons. The fraction of sp³-hybridized carbons (Fsp3) is 0.588. The summed E-state index contributed by atoms with van der Waals surface area (Å²) >= 11 is 0. The van der Waals surface area contributed by atoms with E-state index in [0.717, 1.165) is 25.8 Å². The van der Waals surface area contributed by atoms with Crippen molar-refractivity contribution in [1.29, 1.82) is 0 Å². The highest BCUT2D eigenvalue weighted by atomic mass is 32.2. The normalized spacial score (nSPS) is 14.1. The SMILES string of the molecule is CCCCCNCC(CC)(CS(=O)(=O)c1ccccc1)OC(N)=O. The van der Waals surface area contributed by atoms with Crippen LogP contribution >= 0.6 is 0 Å². The van der Waals surface area contributed by atoms with E-state index >= 15 is 0 Å². The van der Waals surface area contributed by atoms with Gasteiger partial charge in [-0.3, -0.25) is 0 Å². The Balaban J connectivity index is 2.89. The minimum atomic E-state index is -3.60. The van der Waals surface area contributed by atoms with Crippen molar-refractivity contribution in [1.82, 2.24) is 5.32 Å². The Bertz CT molecular complexity index is 604. The van der Waals surface area contributed by atoms with E-state index in [0.29, 0.717) is 6.42 Å². The molecule has 0 bridgehead atoms. The standard InChI is InChI=1S/C17H28N2O4S/c1-3-5-9-12-19-13-17(4-2,23-16(18)20)14-24(21,22)15-10-7-6-8-11-15/h6-8,10-11,19H,3-5,9,12-14H2,1-2H3,(H2,18,20). The summed E-state index contributed by atoms with van der Waals surface area (Å²) in [5.41, 5.74) is 4.01. The number of amides is 1. The van der Waals surface area contributed by atoms with E-state index in [2.05, 4.69) is 12.2 Å². The molecular formula is C17H28N2O4S. The first-order valence-corrected chi connectivity index (χ1v) is 9.97. The number of carbonyl (C=O) groups excluding carboxylic acids is 1. The van der Waals surface area contributed by atoms with Gasteiger partial charge >= 0.3 is 6.09 Å². The average molecular weight is 356 g/mol. The van der Waals surface area contributed by atoms with E-state index in [4.69, 9.17) is 10.5 Å². The van der Waals surface area contributed by atoms with Gasteiger partial charge in [-0.1, -0.05) is 44.9 Å². The molecule has 0 spiro atoms. The van der Waals surface area contributed by atoms with Crippen LogP contribution in [0.1, 0.15) is 39.5 Å². The Morgan fingerprint density at radius 2 is 1.88 bits per heavy atom. The number of carbonyl (C=O) groups is 1. The van der Waals surface area contributed by atoms with Gasteiger partial charge in [0.1, 0.15) is 5.60 Å². The summed E-state index contributed by atoms with van der Waals surface area (Å²) in [5, 5.41) is 3.19. The zero-order valence-electron chi connectivity index (χ0n) is 14.5. The zero-order chi connectivity index (χ0) is 18.1. The summed E-state index contributed by atoms with van der Waals surface area (Å²) in [7, 11) is -3.60. The Hall–Kier alpha value is -1.60. The molecule has 1 aromatic carbocycles. The van der Waals surface area contributed by atoms with Gasteiger partial charge in [0.05, 0.1) is 10.6 Å². The van der Waals surface area contributed by atoms with Gasteiger partial charge < -0.3 is 15.8 Å². The van der Waals surface area contributed by atoms with E-state index in [1.165, 1.54) is 12.1 Å². The number of benzene rings is 1. The number of hydrogen-bond acceptors (Lipinski definition) is 5. The lowest BCUT2D eigenvalue weighted by atomic mass is 10.0. The van der Waals surface area contributed by atoms with Gasteiger partial charge in [-0.15, -0.1) is 0 Å². The summed E-state index contributed by atoms with van der Waals surface area (Å²) in [6, 6.07) is 8.15. The maximum atomic E-state index is 12.7. The quantitative estimate of drug-likeness (QED) is 0.594. The maximum Gasteiger partial charge on any atom is 0.405 e. The van der Waals surface area contributed by atoms with Crippen LogP contribution in [0.4, 0.5) is 4.79 Å². The molecule has 1 amide bonds. The van der Waals surface area contributed by atoms with Crippen LogP contribution in [0.3, 0.4) is 0 Å². The second-order valence-corrected chi connectivity index (χ2v) is 7.90. The molecule has 0 aliphatic heterocycles. The predicted molar refractivity (Wildman–Crippen MR) is 94.6 cm³/mol.